The Morgan fingerprint density at radius 1 is 1.43 bits per heavy atom. The number of morpholine rings is 1. The highest BCUT2D eigenvalue weighted by Gasteiger charge is 2.16. The van der Waals surface area contributed by atoms with Crippen LogP contribution in [0.1, 0.15) is 23.0 Å². The van der Waals surface area contributed by atoms with Crippen LogP contribution in [0.25, 0.3) is 10.9 Å². The first-order valence-electron chi connectivity index (χ1n) is 7.15. The minimum Gasteiger partial charge on any atom is -0.376 e. The van der Waals surface area contributed by atoms with Crippen LogP contribution in [-0.4, -0.2) is 41.6 Å². The Kier molecular flexibility index (Phi) is 3.86. The Morgan fingerprint density at radius 3 is 3.00 bits per heavy atom. The van der Waals surface area contributed by atoms with Crippen LogP contribution in [0.5, 0.6) is 0 Å². The third kappa shape index (κ3) is 3.20. The summed E-state index contributed by atoms with van der Waals surface area (Å²) < 4.78 is 5.55. The fourth-order valence-corrected chi connectivity index (χ4v) is 2.69. The van der Waals surface area contributed by atoms with Gasteiger partial charge in [-0.25, -0.2) is 4.98 Å². The summed E-state index contributed by atoms with van der Waals surface area (Å²) in [5.74, 6) is -0.496. The molecule has 5 nitrogen and oxygen atoms in total. The number of pyridine rings is 1. The number of amides is 1. The van der Waals surface area contributed by atoms with Crippen molar-refractivity contribution in [3.8, 4) is 0 Å². The first kappa shape index (κ1) is 14.0. The number of hydrogen-bond donors (Lipinski definition) is 1. The topological polar surface area (TPSA) is 68.5 Å². The van der Waals surface area contributed by atoms with Gasteiger partial charge in [0.15, 0.2) is 0 Å². The molecule has 5 heteroatoms. The number of rotatable bonds is 3. The van der Waals surface area contributed by atoms with Crippen molar-refractivity contribution in [2.45, 2.75) is 19.6 Å². The summed E-state index contributed by atoms with van der Waals surface area (Å²) >= 11 is 0. The molecular weight excluding hydrogens is 266 g/mol. The van der Waals surface area contributed by atoms with Crippen molar-refractivity contribution in [1.82, 2.24) is 9.88 Å². The minimum atomic E-state index is -0.496. The largest absolute Gasteiger partial charge is 0.376 e. The van der Waals surface area contributed by atoms with E-state index in [-0.39, 0.29) is 6.10 Å². The molecule has 1 atom stereocenters. The van der Waals surface area contributed by atoms with Crippen LogP contribution < -0.4 is 5.73 Å². The van der Waals surface area contributed by atoms with E-state index >= 15 is 0 Å². The molecule has 1 aromatic carbocycles. The van der Waals surface area contributed by atoms with E-state index in [1.807, 2.05) is 18.2 Å². The zero-order chi connectivity index (χ0) is 14.8. The summed E-state index contributed by atoms with van der Waals surface area (Å²) in [7, 11) is 0. The number of carbonyl (C=O) groups excluding carboxylic acids is 1. The molecular formula is C16H19N3O2. The highest BCUT2D eigenvalue weighted by atomic mass is 16.5. The van der Waals surface area contributed by atoms with Gasteiger partial charge in [0.25, 0.3) is 5.91 Å². The Labute approximate surface area is 123 Å². The number of nitrogens with zero attached hydrogens (tertiary/aromatic N) is 2. The lowest BCUT2D eigenvalue weighted by Gasteiger charge is -2.31. The fourth-order valence-electron chi connectivity index (χ4n) is 2.69. The molecule has 2 aromatic rings. The van der Waals surface area contributed by atoms with Gasteiger partial charge in [-0.15, -0.1) is 0 Å². The summed E-state index contributed by atoms with van der Waals surface area (Å²) in [6.07, 6.45) is 0.277. The Morgan fingerprint density at radius 2 is 2.24 bits per heavy atom. The average Bonchev–Trinajstić information content (AvgIpc) is 2.46. The van der Waals surface area contributed by atoms with Crippen molar-refractivity contribution in [3.05, 3.63) is 41.6 Å². The number of hydrogen-bond acceptors (Lipinski definition) is 4. The van der Waals surface area contributed by atoms with E-state index < -0.39 is 5.91 Å². The summed E-state index contributed by atoms with van der Waals surface area (Å²) in [5, 5.41) is 1.01. The quantitative estimate of drug-likeness (QED) is 0.929. The van der Waals surface area contributed by atoms with E-state index in [9.17, 15) is 4.79 Å². The standard InChI is InChI=1S/C16H19N3O2/c1-11-9-19(6-7-21-11)10-12-2-3-13-4-5-14(16(17)20)18-15(13)8-12/h2-5,8,11H,6-7,9-10H2,1H3,(H2,17,20)/t11-/m0/s1. The maximum atomic E-state index is 11.2. The zero-order valence-corrected chi connectivity index (χ0v) is 12.1. The third-order valence-electron chi connectivity index (χ3n) is 3.74. The van der Waals surface area contributed by atoms with Gasteiger partial charge < -0.3 is 10.5 Å². The van der Waals surface area contributed by atoms with Gasteiger partial charge in [0.1, 0.15) is 5.69 Å². The minimum absolute atomic E-state index is 0.277. The van der Waals surface area contributed by atoms with Gasteiger partial charge in [0.05, 0.1) is 18.2 Å². The Hall–Kier alpha value is -1.98. The summed E-state index contributed by atoms with van der Waals surface area (Å²) in [6.45, 7) is 5.61. The Balaban J connectivity index is 1.84. The fraction of sp³-hybridized carbons (Fsp3) is 0.375. The molecule has 0 radical (unpaired) electrons. The first-order valence-corrected chi connectivity index (χ1v) is 7.15. The lowest BCUT2D eigenvalue weighted by Crippen LogP contribution is -2.40. The normalized spacial score (nSPS) is 19.8. The second-order valence-electron chi connectivity index (χ2n) is 5.50. The van der Waals surface area contributed by atoms with Gasteiger partial charge in [0.2, 0.25) is 0 Å². The number of fused-ring (bicyclic) bond motifs is 1. The van der Waals surface area contributed by atoms with Crippen molar-refractivity contribution in [3.63, 3.8) is 0 Å². The highest BCUT2D eigenvalue weighted by Crippen LogP contribution is 2.17. The summed E-state index contributed by atoms with van der Waals surface area (Å²) in [4.78, 5) is 17.9. The highest BCUT2D eigenvalue weighted by molar-refractivity contribution is 5.93. The van der Waals surface area contributed by atoms with Gasteiger partial charge in [0, 0.05) is 25.0 Å². The molecule has 21 heavy (non-hydrogen) atoms. The molecule has 1 aliphatic heterocycles. The molecule has 1 aliphatic rings. The van der Waals surface area contributed by atoms with Crippen molar-refractivity contribution in [2.24, 2.45) is 5.73 Å². The molecule has 0 spiro atoms. The molecule has 0 aliphatic carbocycles. The van der Waals surface area contributed by atoms with Gasteiger partial charge >= 0.3 is 0 Å². The zero-order valence-electron chi connectivity index (χ0n) is 12.1. The van der Waals surface area contributed by atoms with Crippen molar-refractivity contribution in [1.29, 1.82) is 0 Å². The monoisotopic (exact) mass is 285 g/mol. The van der Waals surface area contributed by atoms with E-state index in [4.69, 9.17) is 10.5 Å². The summed E-state index contributed by atoms with van der Waals surface area (Å²) in [6, 6.07) is 9.71. The van der Waals surface area contributed by atoms with Crippen LogP contribution in [0.15, 0.2) is 30.3 Å². The van der Waals surface area contributed by atoms with Crippen molar-refractivity contribution >= 4 is 16.8 Å². The number of benzene rings is 1. The third-order valence-corrected chi connectivity index (χ3v) is 3.74. The first-order chi connectivity index (χ1) is 10.1. The van der Waals surface area contributed by atoms with Crippen LogP contribution in [0, 0.1) is 0 Å². The molecule has 1 fully saturated rings. The maximum Gasteiger partial charge on any atom is 0.267 e. The van der Waals surface area contributed by atoms with Crippen LogP contribution >= 0.6 is 0 Å². The predicted octanol–water partition coefficient (Wildman–Crippen LogP) is 1.55. The molecule has 2 N–H and O–H groups in total. The molecule has 0 saturated carbocycles. The molecule has 0 bridgehead atoms. The van der Waals surface area contributed by atoms with Crippen molar-refractivity contribution < 1.29 is 9.53 Å². The second kappa shape index (κ2) is 5.79. The predicted molar refractivity (Wildman–Crippen MR) is 81.0 cm³/mol. The molecule has 110 valence electrons. The lowest BCUT2D eigenvalue weighted by molar-refractivity contribution is -0.0211. The van der Waals surface area contributed by atoms with E-state index in [0.29, 0.717) is 5.69 Å². The number of ether oxygens (including phenoxy) is 1. The second-order valence-corrected chi connectivity index (χ2v) is 5.50. The van der Waals surface area contributed by atoms with Crippen molar-refractivity contribution in [2.75, 3.05) is 19.7 Å². The van der Waals surface area contributed by atoms with Crippen LogP contribution in [0.3, 0.4) is 0 Å². The SMILES string of the molecule is C[C@H]1CN(Cc2ccc3ccc(C(N)=O)nc3c2)CCO1. The maximum absolute atomic E-state index is 11.2. The van der Waals surface area contributed by atoms with Crippen LogP contribution in [0.2, 0.25) is 0 Å². The van der Waals surface area contributed by atoms with E-state index in [1.165, 1.54) is 5.56 Å². The number of primary amides is 1. The number of nitrogens with two attached hydrogens (primary N) is 1. The number of carbonyl (C=O) groups is 1. The van der Waals surface area contributed by atoms with Crippen LogP contribution in [0.4, 0.5) is 0 Å². The van der Waals surface area contributed by atoms with Gasteiger partial charge in [-0.3, -0.25) is 9.69 Å². The number of aromatic nitrogens is 1. The average molecular weight is 285 g/mol. The Bertz CT molecular complexity index is 672. The van der Waals surface area contributed by atoms with E-state index in [2.05, 4.69) is 22.9 Å². The molecule has 0 unspecified atom stereocenters. The van der Waals surface area contributed by atoms with Gasteiger partial charge in [-0.05, 0) is 24.6 Å². The van der Waals surface area contributed by atoms with E-state index in [1.54, 1.807) is 6.07 Å². The van der Waals surface area contributed by atoms with Gasteiger partial charge in [-0.2, -0.15) is 0 Å². The van der Waals surface area contributed by atoms with Crippen LogP contribution in [-0.2, 0) is 11.3 Å². The molecule has 2 heterocycles. The van der Waals surface area contributed by atoms with Gasteiger partial charge in [-0.1, -0.05) is 18.2 Å². The smallest absolute Gasteiger partial charge is 0.267 e. The van der Waals surface area contributed by atoms with E-state index in [0.717, 1.165) is 37.1 Å². The molecule has 1 saturated heterocycles. The molecule has 1 amide bonds. The lowest BCUT2D eigenvalue weighted by atomic mass is 10.1. The summed E-state index contributed by atoms with van der Waals surface area (Å²) in [5.41, 5.74) is 7.59. The molecule has 1 aromatic heterocycles. The molecule has 3 rings (SSSR count).